The number of rotatable bonds is 7. The maximum atomic E-state index is 12.3. The number of hydrogen-bond acceptors (Lipinski definition) is 5. The highest BCUT2D eigenvalue weighted by atomic mass is 35.5. The molecule has 0 saturated carbocycles. The molecule has 1 amide bonds. The summed E-state index contributed by atoms with van der Waals surface area (Å²) in [5.41, 5.74) is 8.22. The first-order chi connectivity index (χ1) is 13.9. The fourth-order valence-electron chi connectivity index (χ4n) is 3.47. The molecule has 7 nitrogen and oxygen atoms in total. The van der Waals surface area contributed by atoms with Gasteiger partial charge in [-0.1, -0.05) is 36.4 Å². The summed E-state index contributed by atoms with van der Waals surface area (Å²) in [6.45, 7) is 0.368. The third-order valence-electron chi connectivity index (χ3n) is 5.27. The van der Waals surface area contributed by atoms with Crippen LogP contribution in [-0.4, -0.2) is 49.4 Å². The van der Waals surface area contributed by atoms with Crippen LogP contribution >= 0.6 is 12.4 Å². The number of nitrogens with two attached hydrogens (primary N) is 1. The summed E-state index contributed by atoms with van der Waals surface area (Å²) in [4.78, 5) is 25.4. The Bertz CT molecular complexity index is 900. The number of esters is 1. The summed E-state index contributed by atoms with van der Waals surface area (Å²) in [7, 11) is 3.06. The third kappa shape index (κ3) is 5.30. The minimum absolute atomic E-state index is 0. The number of benzene rings is 2. The number of methoxy groups -OCH3 is 1. The first-order valence-electron chi connectivity index (χ1n) is 9.40. The van der Waals surface area contributed by atoms with Crippen LogP contribution in [0.1, 0.15) is 18.4 Å². The number of likely N-dealkylation sites (tertiary alicyclic amines) is 1. The summed E-state index contributed by atoms with van der Waals surface area (Å²) in [6.07, 6.45) is 0.679. The van der Waals surface area contributed by atoms with E-state index in [-0.39, 0.29) is 48.5 Å². The van der Waals surface area contributed by atoms with E-state index in [1.54, 1.807) is 11.9 Å². The Kier molecular flexibility index (Phi) is 7.83. The molecule has 1 saturated heterocycles. The van der Waals surface area contributed by atoms with Gasteiger partial charge in [-0.05, 0) is 29.7 Å². The smallest absolute Gasteiger partial charge is 0.306 e. The molecule has 1 heterocycles. The maximum Gasteiger partial charge on any atom is 0.306 e. The molecule has 30 heavy (non-hydrogen) atoms. The molecular formula is C22H26ClN3O4. The van der Waals surface area contributed by atoms with Crippen molar-refractivity contribution >= 4 is 30.1 Å². The third-order valence-corrected chi connectivity index (χ3v) is 5.27. The van der Waals surface area contributed by atoms with Gasteiger partial charge in [0.25, 0.3) is 0 Å². The van der Waals surface area contributed by atoms with E-state index >= 15 is 0 Å². The number of ether oxygens (including phenoxy) is 2. The van der Waals surface area contributed by atoms with Crippen LogP contribution in [-0.2, 0) is 14.3 Å². The van der Waals surface area contributed by atoms with Crippen molar-refractivity contribution in [1.29, 1.82) is 5.41 Å². The molecule has 0 unspecified atom stereocenters. The number of nitrogens with zero attached hydrogens (tertiary/aromatic N) is 1. The molecule has 3 rings (SSSR count). The molecule has 160 valence electrons. The maximum absolute atomic E-state index is 12.3. The molecule has 1 aliphatic rings. The molecule has 2 aromatic carbocycles. The Morgan fingerprint density at radius 1 is 1.13 bits per heavy atom. The van der Waals surface area contributed by atoms with Gasteiger partial charge in [0.2, 0.25) is 5.91 Å². The number of amides is 1. The normalized spacial score (nSPS) is 17.9. The second-order valence-corrected chi connectivity index (χ2v) is 7.14. The second kappa shape index (κ2) is 10.1. The largest absolute Gasteiger partial charge is 0.491 e. The highest BCUT2D eigenvalue weighted by Crippen LogP contribution is 2.28. The van der Waals surface area contributed by atoms with Crippen LogP contribution in [0.5, 0.6) is 5.75 Å². The van der Waals surface area contributed by atoms with Gasteiger partial charge in [-0.2, -0.15) is 0 Å². The van der Waals surface area contributed by atoms with E-state index < -0.39 is 0 Å². The van der Waals surface area contributed by atoms with Crippen LogP contribution < -0.4 is 10.5 Å². The van der Waals surface area contributed by atoms with Crippen molar-refractivity contribution in [2.24, 2.45) is 11.7 Å². The van der Waals surface area contributed by atoms with E-state index in [9.17, 15) is 9.59 Å². The van der Waals surface area contributed by atoms with Crippen LogP contribution in [0.15, 0.2) is 48.5 Å². The van der Waals surface area contributed by atoms with E-state index in [1.165, 1.54) is 7.11 Å². The van der Waals surface area contributed by atoms with Gasteiger partial charge in [0, 0.05) is 12.6 Å². The number of likely N-dealkylation sites (N-methyl/N-ethyl adjacent to an activating group) is 1. The predicted molar refractivity (Wildman–Crippen MR) is 117 cm³/mol. The molecule has 0 bridgehead atoms. The monoisotopic (exact) mass is 431 g/mol. The summed E-state index contributed by atoms with van der Waals surface area (Å²) in [5, 5.41) is 7.45. The van der Waals surface area contributed by atoms with E-state index in [0.29, 0.717) is 24.3 Å². The van der Waals surface area contributed by atoms with Gasteiger partial charge in [-0.3, -0.25) is 15.0 Å². The summed E-state index contributed by atoms with van der Waals surface area (Å²) >= 11 is 0. The minimum Gasteiger partial charge on any atom is -0.491 e. The standard InChI is InChI=1S/C22H25N3O4.ClH/c1-25-18(11-17(22(25)27)12-20(26)28-2)13-29-19-9-7-15(8-10-19)14-3-5-16(6-4-14)21(23)24;/h3-10,17-18H,11-13H2,1-2H3,(H3,23,24);1H/t17-,18-;/m0./s1. The number of nitrogens with one attached hydrogen (secondary N) is 1. The number of nitrogen functional groups attached to an aromatic ring is 1. The molecule has 8 heteroatoms. The van der Waals surface area contributed by atoms with Crippen LogP contribution in [0.25, 0.3) is 11.1 Å². The van der Waals surface area contributed by atoms with Crippen molar-refractivity contribution in [3.63, 3.8) is 0 Å². The van der Waals surface area contributed by atoms with Crippen molar-refractivity contribution in [1.82, 2.24) is 4.90 Å². The Balaban J connectivity index is 0.00000320. The number of carbonyl (C=O) groups is 2. The van der Waals surface area contributed by atoms with Crippen molar-refractivity contribution in [3.8, 4) is 16.9 Å². The molecule has 0 aromatic heterocycles. The fourth-order valence-corrected chi connectivity index (χ4v) is 3.47. The SMILES string of the molecule is COC(=O)C[C@@H]1C[C@@H](COc2ccc(-c3ccc(C(=N)N)cc3)cc2)N(C)C1=O.Cl. The van der Waals surface area contributed by atoms with Crippen LogP contribution in [0.2, 0.25) is 0 Å². The van der Waals surface area contributed by atoms with Gasteiger partial charge < -0.3 is 20.1 Å². The first kappa shape index (κ1) is 23.2. The quantitative estimate of drug-likeness (QED) is 0.398. The van der Waals surface area contributed by atoms with Crippen molar-refractivity contribution in [3.05, 3.63) is 54.1 Å². The summed E-state index contributed by atoms with van der Waals surface area (Å²) < 4.78 is 10.5. The van der Waals surface area contributed by atoms with E-state index in [4.69, 9.17) is 15.9 Å². The average Bonchev–Trinajstić information content (AvgIpc) is 3.00. The van der Waals surface area contributed by atoms with Gasteiger partial charge in [0.1, 0.15) is 18.2 Å². The highest BCUT2D eigenvalue weighted by molar-refractivity contribution is 5.95. The van der Waals surface area contributed by atoms with Gasteiger partial charge in [-0.15, -0.1) is 12.4 Å². The molecule has 2 atom stereocenters. The van der Waals surface area contributed by atoms with Gasteiger partial charge >= 0.3 is 5.97 Å². The lowest BCUT2D eigenvalue weighted by molar-refractivity contribution is -0.144. The number of carbonyl (C=O) groups excluding carboxylic acids is 2. The summed E-state index contributed by atoms with van der Waals surface area (Å²) in [6, 6.07) is 15.1. The number of amidine groups is 1. The van der Waals surface area contributed by atoms with Crippen molar-refractivity contribution in [2.45, 2.75) is 18.9 Å². The lowest BCUT2D eigenvalue weighted by Gasteiger charge is -2.20. The van der Waals surface area contributed by atoms with Crippen molar-refractivity contribution < 1.29 is 19.1 Å². The molecule has 0 radical (unpaired) electrons. The second-order valence-electron chi connectivity index (χ2n) is 7.14. The molecule has 0 spiro atoms. The predicted octanol–water partition coefficient (Wildman–Crippen LogP) is 2.85. The van der Waals surface area contributed by atoms with Crippen LogP contribution in [0.4, 0.5) is 0 Å². The Morgan fingerprint density at radius 3 is 2.23 bits per heavy atom. The van der Waals surface area contributed by atoms with Gasteiger partial charge in [0.15, 0.2) is 0 Å². The Hall–Kier alpha value is -3.06. The molecule has 2 aromatic rings. The number of hydrogen-bond donors (Lipinski definition) is 2. The number of halogens is 1. The zero-order valence-corrected chi connectivity index (χ0v) is 17.8. The summed E-state index contributed by atoms with van der Waals surface area (Å²) in [5.74, 6) is -0.00384. The Morgan fingerprint density at radius 2 is 1.70 bits per heavy atom. The fraction of sp³-hybridized carbons (Fsp3) is 0.318. The van der Waals surface area contributed by atoms with Gasteiger partial charge in [-0.25, -0.2) is 0 Å². The topological polar surface area (TPSA) is 106 Å². The molecular weight excluding hydrogens is 406 g/mol. The van der Waals surface area contributed by atoms with E-state index in [2.05, 4.69) is 4.74 Å². The van der Waals surface area contributed by atoms with Crippen LogP contribution in [0.3, 0.4) is 0 Å². The van der Waals surface area contributed by atoms with Gasteiger partial charge in [0.05, 0.1) is 25.5 Å². The molecule has 3 N–H and O–H groups in total. The zero-order chi connectivity index (χ0) is 21.0. The Labute approximate surface area is 182 Å². The zero-order valence-electron chi connectivity index (χ0n) is 17.0. The lowest BCUT2D eigenvalue weighted by Crippen LogP contribution is -2.33. The first-order valence-corrected chi connectivity index (χ1v) is 9.40. The van der Waals surface area contributed by atoms with Crippen molar-refractivity contribution in [2.75, 3.05) is 20.8 Å². The molecule has 0 aliphatic carbocycles. The van der Waals surface area contributed by atoms with E-state index in [0.717, 1.165) is 11.1 Å². The average molecular weight is 432 g/mol. The highest BCUT2D eigenvalue weighted by Gasteiger charge is 2.38. The molecule has 1 fully saturated rings. The van der Waals surface area contributed by atoms with E-state index in [1.807, 2.05) is 48.5 Å². The lowest BCUT2D eigenvalue weighted by atomic mass is 10.0. The minimum atomic E-state index is -0.370. The van der Waals surface area contributed by atoms with Crippen LogP contribution in [0, 0.1) is 11.3 Å². The molecule has 1 aliphatic heterocycles.